The largest absolute Gasteiger partial charge is 0.442 e. The third-order valence-electron chi connectivity index (χ3n) is 6.64. The molecule has 0 bridgehead atoms. The number of halogens is 1. The highest BCUT2D eigenvalue weighted by Crippen LogP contribution is 2.43. The highest BCUT2D eigenvalue weighted by Gasteiger charge is 2.42. The SMILES string of the molecule is Cc1ccc(C(OC(=O)COCC(=O)NCCCOCCOCCOCCCN)(c2ccccc2)c2ccccc2Cl)cc1. The molecule has 0 aliphatic heterocycles. The van der Waals surface area contributed by atoms with Crippen molar-refractivity contribution in [1.82, 2.24) is 5.32 Å². The molecule has 3 rings (SSSR count). The highest BCUT2D eigenvalue weighted by atomic mass is 35.5. The summed E-state index contributed by atoms with van der Waals surface area (Å²) in [7, 11) is 0. The van der Waals surface area contributed by atoms with Crippen molar-refractivity contribution in [1.29, 1.82) is 0 Å². The molecule has 0 aliphatic carbocycles. The number of carbonyl (C=O) groups excluding carboxylic acids is 2. The Labute approximate surface area is 264 Å². The smallest absolute Gasteiger partial charge is 0.333 e. The maximum Gasteiger partial charge on any atom is 0.333 e. The minimum Gasteiger partial charge on any atom is -0.442 e. The van der Waals surface area contributed by atoms with Crippen LogP contribution in [0.25, 0.3) is 0 Å². The van der Waals surface area contributed by atoms with Crippen molar-refractivity contribution >= 4 is 23.5 Å². The minimum atomic E-state index is -1.33. The second-order valence-electron chi connectivity index (χ2n) is 10.0. The van der Waals surface area contributed by atoms with E-state index in [1.807, 2.05) is 79.7 Å². The molecule has 0 aromatic heterocycles. The van der Waals surface area contributed by atoms with E-state index in [4.69, 9.17) is 41.0 Å². The molecule has 0 aliphatic rings. The first-order valence-corrected chi connectivity index (χ1v) is 15.2. The van der Waals surface area contributed by atoms with Gasteiger partial charge in [0.05, 0.1) is 26.4 Å². The van der Waals surface area contributed by atoms with Crippen molar-refractivity contribution in [2.24, 2.45) is 5.73 Å². The van der Waals surface area contributed by atoms with Gasteiger partial charge in [-0.3, -0.25) is 4.79 Å². The van der Waals surface area contributed by atoms with Gasteiger partial charge in [0.1, 0.15) is 13.2 Å². The zero-order valence-corrected chi connectivity index (χ0v) is 26.1. The number of carbonyl (C=O) groups is 2. The van der Waals surface area contributed by atoms with Crippen LogP contribution in [0.2, 0.25) is 5.02 Å². The van der Waals surface area contributed by atoms with Crippen LogP contribution in [0.3, 0.4) is 0 Å². The first-order chi connectivity index (χ1) is 21.5. The van der Waals surface area contributed by atoms with E-state index in [-0.39, 0.29) is 12.5 Å². The van der Waals surface area contributed by atoms with Crippen LogP contribution in [0.4, 0.5) is 0 Å². The van der Waals surface area contributed by atoms with Gasteiger partial charge in [-0.1, -0.05) is 90.0 Å². The van der Waals surface area contributed by atoms with E-state index in [1.54, 1.807) is 6.07 Å². The Balaban J connectivity index is 1.47. The second-order valence-corrected chi connectivity index (χ2v) is 10.5. The molecule has 3 N–H and O–H groups in total. The van der Waals surface area contributed by atoms with Crippen LogP contribution in [0, 0.1) is 6.92 Å². The van der Waals surface area contributed by atoms with Crippen molar-refractivity contribution < 1.29 is 33.3 Å². The Hall–Kier alpha value is -3.31. The van der Waals surface area contributed by atoms with Gasteiger partial charge in [-0.05, 0) is 32.4 Å². The first-order valence-electron chi connectivity index (χ1n) is 14.8. The van der Waals surface area contributed by atoms with Gasteiger partial charge in [0.15, 0.2) is 5.60 Å². The van der Waals surface area contributed by atoms with Crippen molar-refractivity contribution in [3.8, 4) is 0 Å². The number of amides is 1. The van der Waals surface area contributed by atoms with Crippen molar-refractivity contribution in [2.45, 2.75) is 25.4 Å². The Morgan fingerprint density at radius 1 is 0.727 bits per heavy atom. The van der Waals surface area contributed by atoms with Gasteiger partial charge in [-0.2, -0.15) is 0 Å². The standard InChI is InChI=1S/C34H43ClN2O7/c1-27-13-15-29(16-14-27)34(28-9-3-2-4-10-28,30-11-5-6-12-31(30)35)44-33(39)26-43-25-32(38)37-18-8-20-41-22-24-42-23-21-40-19-7-17-36/h2-6,9-16H,7-8,17-26,36H2,1H3,(H,37,38). The Kier molecular flexibility index (Phi) is 15.9. The van der Waals surface area contributed by atoms with E-state index in [0.717, 1.165) is 23.1 Å². The van der Waals surface area contributed by atoms with Crippen LogP contribution >= 0.6 is 11.6 Å². The van der Waals surface area contributed by atoms with Crippen LogP contribution in [0.1, 0.15) is 35.1 Å². The molecule has 0 saturated heterocycles. The molecule has 3 aromatic carbocycles. The molecule has 238 valence electrons. The van der Waals surface area contributed by atoms with Gasteiger partial charge in [0.2, 0.25) is 5.91 Å². The summed E-state index contributed by atoms with van der Waals surface area (Å²) in [6.45, 7) is 5.42. The molecule has 0 radical (unpaired) electrons. The summed E-state index contributed by atoms with van der Waals surface area (Å²) >= 11 is 6.70. The average Bonchev–Trinajstić information content (AvgIpc) is 3.03. The van der Waals surface area contributed by atoms with Crippen LogP contribution in [-0.2, 0) is 38.9 Å². The highest BCUT2D eigenvalue weighted by molar-refractivity contribution is 6.31. The summed E-state index contributed by atoms with van der Waals surface area (Å²) in [5.41, 5.74) is 7.21. The molecule has 1 atom stereocenters. The van der Waals surface area contributed by atoms with Crippen molar-refractivity contribution in [3.05, 3.63) is 106 Å². The van der Waals surface area contributed by atoms with Crippen LogP contribution in [0.15, 0.2) is 78.9 Å². The number of nitrogens with two attached hydrogens (primary N) is 1. The summed E-state index contributed by atoms with van der Waals surface area (Å²) in [6.07, 6.45) is 1.47. The summed E-state index contributed by atoms with van der Waals surface area (Å²) in [5.74, 6) is -0.977. The Morgan fingerprint density at radius 2 is 1.32 bits per heavy atom. The lowest BCUT2D eigenvalue weighted by molar-refractivity contribution is -0.159. The van der Waals surface area contributed by atoms with Gasteiger partial charge in [0.25, 0.3) is 0 Å². The molecule has 1 amide bonds. The zero-order chi connectivity index (χ0) is 31.5. The lowest BCUT2D eigenvalue weighted by Crippen LogP contribution is -2.37. The number of rotatable bonds is 21. The lowest BCUT2D eigenvalue weighted by Gasteiger charge is -2.36. The summed E-state index contributed by atoms with van der Waals surface area (Å²) < 4.78 is 28.0. The number of hydrogen-bond donors (Lipinski definition) is 2. The van der Waals surface area contributed by atoms with Crippen LogP contribution < -0.4 is 11.1 Å². The molecular formula is C34H43ClN2O7. The molecule has 9 nitrogen and oxygen atoms in total. The lowest BCUT2D eigenvalue weighted by atomic mass is 9.79. The summed E-state index contributed by atoms with van der Waals surface area (Å²) in [6, 6.07) is 24.5. The Morgan fingerprint density at radius 3 is 1.98 bits per heavy atom. The average molecular weight is 627 g/mol. The van der Waals surface area contributed by atoms with E-state index in [9.17, 15) is 9.59 Å². The summed E-state index contributed by atoms with van der Waals surface area (Å²) in [4.78, 5) is 25.5. The predicted molar refractivity (Wildman–Crippen MR) is 170 cm³/mol. The minimum absolute atomic E-state index is 0.286. The van der Waals surface area contributed by atoms with E-state index >= 15 is 0 Å². The number of hydrogen-bond acceptors (Lipinski definition) is 8. The third kappa shape index (κ3) is 11.3. The molecule has 0 fully saturated rings. The Bertz CT molecular complexity index is 1260. The fourth-order valence-electron chi connectivity index (χ4n) is 4.47. The molecule has 0 saturated carbocycles. The monoisotopic (exact) mass is 626 g/mol. The quantitative estimate of drug-likeness (QED) is 0.101. The van der Waals surface area contributed by atoms with Crippen LogP contribution in [-0.4, -0.2) is 77.8 Å². The molecule has 0 heterocycles. The maximum absolute atomic E-state index is 13.3. The maximum atomic E-state index is 13.3. The second kappa shape index (κ2) is 19.9. The van der Waals surface area contributed by atoms with Crippen LogP contribution in [0.5, 0.6) is 0 Å². The number of ether oxygens (including phenoxy) is 5. The number of benzene rings is 3. The van der Waals surface area contributed by atoms with Gasteiger partial charge >= 0.3 is 5.97 Å². The normalized spacial score (nSPS) is 12.4. The molecule has 0 spiro atoms. The molecule has 10 heteroatoms. The van der Waals surface area contributed by atoms with Crippen molar-refractivity contribution in [3.63, 3.8) is 0 Å². The van der Waals surface area contributed by atoms with Gasteiger partial charge < -0.3 is 34.7 Å². The zero-order valence-electron chi connectivity index (χ0n) is 25.3. The van der Waals surface area contributed by atoms with Gasteiger partial charge in [0, 0.05) is 41.5 Å². The van der Waals surface area contributed by atoms with E-state index in [2.05, 4.69) is 5.32 Å². The molecule has 1 unspecified atom stereocenters. The number of nitrogens with one attached hydrogen (secondary N) is 1. The predicted octanol–water partition coefficient (Wildman–Crippen LogP) is 4.41. The fraction of sp³-hybridized carbons (Fsp3) is 0.412. The number of esters is 1. The van der Waals surface area contributed by atoms with Gasteiger partial charge in [-0.25, -0.2) is 4.79 Å². The van der Waals surface area contributed by atoms with E-state index in [1.165, 1.54) is 0 Å². The fourth-order valence-corrected chi connectivity index (χ4v) is 4.73. The van der Waals surface area contributed by atoms with Gasteiger partial charge in [-0.15, -0.1) is 0 Å². The molecule has 44 heavy (non-hydrogen) atoms. The van der Waals surface area contributed by atoms with Crippen molar-refractivity contribution in [2.75, 3.05) is 65.9 Å². The number of aryl methyl sites for hydroxylation is 1. The summed E-state index contributed by atoms with van der Waals surface area (Å²) in [5, 5.41) is 3.21. The van der Waals surface area contributed by atoms with E-state index in [0.29, 0.717) is 69.7 Å². The first kappa shape index (κ1) is 35.2. The third-order valence-corrected chi connectivity index (χ3v) is 6.97. The molecular weight excluding hydrogens is 584 g/mol. The topological polar surface area (TPSA) is 118 Å². The van der Waals surface area contributed by atoms with E-state index < -0.39 is 18.2 Å². The molecule has 3 aromatic rings.